The van der Waals surface area contributed by atoms with Crippen LogP contribution >= 0.6 is 0 Å². The Hall–Kier alpha value is -2.57. The smallest absolute Gasteiger partial charge is 0.287 e. The monoisotopic (exact) mass is 359 g/mol. The van der Waals surface area contributed by atoms with Crippen LogP contribution in [0.1, 0.15) is 70.7 Å². The second-order valence-corrected chi connectivity index (χ2v) is 7.11. The minimum atomic E-state index is -0.208. The van der Waals surface area contributed by atoms with Gasteiger partial charge in [0.25, 0.3) is 11.8 Å². The molecule has 1 aliphatic heterocycles. The fraction of sp³-hybridized carbons (Fsp3) is 0.526. The number of furan rings is 1. The lowest BCUT2D eigenvalue weighted by molar-refractivity contribution is 0.0692. The molecule has 0 radical (unpaired) electrons. The van der Waals surface area contributed by atoms with E-state index in [4.69, 9.17) is 8.94 Å². The quantitative estimate of drug-likeness (QED) is 0.906. The molecule has 140 valence electrons. The summed E-state index contributed by atoms with van der Waals surface area (Å²) in [5.41, 5.74) is 1.20. The summed E-state index contributed by atoms with van der Waals surface area (Å²) < 4.78 is 10.7. The van der Waals surface area contributed by atoms with Crippen LogP contribution in [0, 0.1) is 13.8 Å². The zero-order valence-corrected chi connectivity index (χ0v) is 15.7. The predicted octanol–water partition coefficient (Wildman–Crippen LogP) is 3.04. The molecule has 1 saturated heterocycles. The summed E-state index contributed by atoms with van der Waals surface area (Å²) in [4.78, 5) is 26.9. The average molecular weight is 359 g/mol. The van der Waals surface area contributed by atoms with E-state index in [-0.39, 0.29) is 23.8 Å². The van der Waals surface area contributed by atoms with Crippen molar-refractivity contribution in [2.45, 2.75) is 52.5 Å². The number of aromatic nitrogens is 1. The van der Waals surface area contributed by atoms with Gasteiger partial charge in [-0.2, -0.15) is 0 Å². The molecule has 1 aliphatic rings. The van der Waals surface area contributed by atoms with Crippen LogP contribution in [0.3, 0.4) is 0 Å². The summed E-state index contributed by atoms with van der Waals surface area (Å²) in [6, 6.07) is 3.47. The number of amides is 2. The van der Waals surface area contributed by atoms with Gasteiger partial charge in [0.05, 0.1) is 5.69 Å². The first-order valence-electron chi connectivity index (χ1n) is 8.99. The van der Waals surface area contributed by atoms with Crippen molar-refractivity contribution < 1.29 is 18.5 Å². The molecule has 0 atom stereocenters. The maximum absolute atomic E-state index is 12.9. The number of nitrogens with one attached hydrogen (secondary N) is 1. The molecule has 1 N–H and O–H groups in total. The molecule has 7 heteroatoms. The van der Waals surface area contributed by atoms with E-state index in [9.17, 15) is 9.59 Å². The molecule has 0 unspecified atom stereocenters. The Kier molecular flexibility index (Phi) is 5.15. The Morgan fingerprint density at radius 1 is 1.23 bits per heavy atom. The summed E-state index contributed by atoms with van der Waals surface area (Å²) in [6.07, 6.45) is 1.41. The van der Waals surface area contributed by atoms with Crippen LogP contribution in [0.5, 0.6) is 0 Å². The lowest BCUT2D eigenvalue weighted by Gasteiger charge is -2.32. The first-order chi connectivity index (χ1) is 12.4. The molecule has 1 fully saturated rings. The third-order valence-corrected chi connectivity index (χ3v) is 4.71. The van der Waals surface area contributed by atoms with Crippen LogP contribution in [0.25, 0.3) is 0 Å². The summed E-state index contributed by atoms with van der Waals surface area (Å²) in [7, 11) is 0. The Balaban J connectivity index is 1.59. The molecular weight excluding hydrogens is 334 g/mol. The van der Waals surface area contributed by atoms with Gasteiger partial charge < -0.3 is 19.2 Å². The molecule has 0 aromatic carbocycles. The zero-order chi connectivity index (χ0) is 18.8. The number of carbonyl (C=O) groups is 2. The number of aryl methyl sites for hydroxylation is 2. The van der Waals surface area contributed by atoms with Crippen molar-refractivity contribution in [1.82, 2.24) is 15.4 Å². The largest absolute Gasteiger partial charge is 0.456 e. The van der Waals surface area contributed by atoms with Crippen LogP contribution < -0.4 is 5.32 Å². The molecule has 2 amide bonds. The van der Waals surface area contributed by atoms with Crippen LogP contribution in [0.2, 0.25) is 0 Å². The highest BCUT2D eigenvalue weighted by molar-refractivity contribution is 5.96. The Labute approximate surface area is 152 Å². The number of likely N-dealkylation sites (tertiary alicyclic amines) is 1. The van der Waals surface area contributed by atoms with E-state index in [2.05, 4.69) is 10.5 Å². The highest BCUT2D eigenvalue weighted by Gasteiger charge is 2.30. The van der Waals surface area contributed by atoms with E-state index in [1.54, 1.807) is 26.0 Å². The number of carbonyl (C=O) groups excluding carboxylic acids is 2. The van der Waals surface area contributed by atoms with Gasteiger partial charge in [0.1, 0.15) is 11.3 Å². The highest BCUT2D eigenvalue weighted by atomic mass is 16.5. The van der Waals surface area contributed by atoms with E-state index in [1.165, 1.54) is 0 Å². The Bertz CT molecular complexity index is 798. The van der Waals surface area contributed by atoms with E-state index >= 15 is 0 Å². The molecule has 7 nitrogen and oxygen atoms in total. The van der Waals surface area contributed by atoms with E-state index in [1.807, 2.05) is 18.7 Å². The molecule has 2 aromatic heterocycles. The molecule has 0 saturated carbocycles. The SMILES string of the molecule is Cc1ccc(C(=O)NC2CCN(C(=O)c3c(C)noc3C(C)C)CC2)o1. The number of hydrogen-bond acceptors (Lipinski definition) is 5. The zero-order valence-electron chi connectivity index (χ0n) is 15.7. The minimum absolute atomic E-state index is 0.0325. The summed E-state index contributed by atoms with van der Waals surface area (Å²) in [5.74, 6) is 1.52. The summed E-state index contributed by atoms with van der Waals surface area (Å²) in [5, 5.41) is 6.94. The van der Waals surface area contributed by atoms with Crippen LogP contribution in [-0.2, 0) is 0 Å². The number of piperidine rings is 1. The maximum atomic E-state index is 12.9. The first kappa shape index (κ1) is 18.2. The summed E-state index contributed by atoms with van der Waals surface area (Å²) >= 11 is 0. The topological polar surface area (TPSA) is 88.6 Å². The fourth-order valence-electron chi connectivity index (χ4n) is 3.24. The molecule has 0 aliphatic carbocycles. The van der Waals surface area contributed by atoms with Crippen LogP contribution in [0.4, 0.5) is 0 Å². The highest BCUT2D eigenvalue weighted by Crippen LogP contribution is 2.25. The van der Waals surface area contributed by atoms with Gasteiger partial charge in [-0.15, -0.1) is 0 Å². The van der Waals surface area contributed by atoms with Gasteiger partial charge >= 0.3 is 0 Å². The number of rotatable bonds is 4. The number of nitrogens with zero attached hydrogens (tertiary/aromatic N) is 2. The second-order valence-electron chi connectivity index (χ2n) is 7.11. The van der Waals surface area contributed by atoms with Crippen LogP contribution in [-0.4, -0.2) is 41.0 Å². The first-order valence-corrected chi connectivity index (χ1v) is 8.99. The van der Waals surface area contributed by atoms with Crippen molar-refractivity contribution in [3.8, 4) is 0 Å². The van der Waals surface area contributed by atoms with Gasteiger partial charge in [0, 0.05) is 25.0 Å². The average Bonchev–Trinajstić information content (AvgIpc) is 3.21. The third kappa shape index (κ3) is 3.66. The van der Waals surface area contributed by atoms with Gasteiger partial charge in [-0.3, -0.25) is 9.59 Å². The Morgan fingerprint density at radius 2 is 1.92 bits per heavy atom. The van der Waals surface area contributed by atoms with Crippen molar-refractivity contribution in [1.29, 1.82) is 0 Å². The van der Waals surface area contributed by atoms with Crippen molar-refractivity contribution in [3.05, 3.63) is 40.7 Å². The standard InChI is InChI=1S/C19H25N3O4/c1-11(2)17-16(13(4)21-26-17)19(24)22-9-7-14(8-10-22)20-18(23)15-6-5-12(3)25-15/h5-6,11,14H,7-10H2,1-4H3,(H,20,23). The normalized spacial score (nSPS) is 15.5. The molecular formula is C19H25N3O4. The van der Waals surface area contributed by atoms with Crippen molar-refractivity contribution in [2.75, 3.05) is 13.1 Å². The summed E-state index contributed by atoms with van der Waals surface area (Å²) in [6.45, 7) is 8.73. The lowest BCUT2D eigenvalue weighted by Crippen LogP contribution is -2.46. The maximum Gasteiger partial charge on any atom is 0.287 e. The molecule has 2 aromatic rings. The van der Waals surface area contributed by atoms with E-state index in [0.717, 1.165) is 0 Å². The van der Waals surface area contributed by atoms with Gasteiger partial charge in [0.15, 0.2) is 11.5 Å². The fourth-order valence-corrected chi connectivity index (χ4v) is 3.24. The van der Waals surface area contributed by atoms with Gasteiger partial charge in [-0.1, -0.05) is 19.0 Å². The minimum Gasteiger partial charge on any atom is -0.456 e. The van der Waals surface area contributed by atoms with E-state index in [0.29, 0.717) is 54.5 Å². The van der Waals surface area contributed by atoms with Crippen LogP contribution in [0.15, 0.2) is 21.1 Å². The Morgan fingerprint density at radius 3 is 2.50 bits per heavy atom. The molecule has 3 rings (SSSR count). The number of hydrogen-bond donors (Lipinski definition) is 1. The second kappa shape index (κ2) is 7.35. The molecule has 0 spiro atoms. The van der Waals surface area contributed by atoms with Crippen molar-refractivity contribution >= 4 is 11.8 Å². The predicted molar refractivity (Wildman–Crippen MR) is 95.2 cm³/mol. The van der Waals surface area contributed by atoms with Crippen molar-refractivity contribution in [2.24, 2.45) is 0 Å². The van der Waals surface area contributed by atoms with E-state index < -0.39 is 0 Å². The molecule has 3 heterocycles. The molecule has 0 bridgehead atoms. The van der Waals surface area contributed by atoms with Crippen molar-refractivity contribution in [3.63, 3.8) is 0 Å². The lowest BCUT2D eigenvalue weighted by atomic mass is 10.0. The van der Waals surface area contributed by atoms with Gasteiger partial charge in [0.2, 0.25) is 0 Å². The third-order valence-electron chi connectivity index (χ3n) is 4.71. The van der Waals surface area contributed by atoms with Gasteiger partial charge in [-0.05, 0) is 38.8 Å². The van der Waals surface area contributed by atoms with Gasteiger partial charge in [-0.25, -0.2) is 0 Å². The molecule has 26 heavy (non-hydrogen) atoms.